The molecule has 0 aliphatic heterocycles. The van der Waals surface area contributed by atoms with Gasteiger partial charge in [0.05, 0.1) is 17.6 Å². The fourth-order valence-electron chi connectivity index (χ4n) is 2.09. The highest BCUT2D eigenvalue weighted by Crippen LogP contribution is 2.29. The normalized spacial score (nSPS) is 9.95. The zero-order valence-corrected chi connectivity index (χ0v) is 12.2. The van der Waals surface area contributed by atoms with Crippen LogP contribution in [0, 0.1) is 11.8 Å². The van der Waals surface area contributed by atoms with Crippen LogP contribution in [0.3, 0.4) is 0 Å². The number of rotatable bonds is 2. The molecule has 0 N–H and O–H groups in total. The van der Waals surface area contributed by atoms with Gasteiger partial charge in [-0.2, -0.15) is 0 Å². The Balaban J connectivity index is 2.05. The molecule has 1 heterocycles. The maximum Gasteiger partial charge on any atom is 0.161 e. The average molecular weight is 292 g/mol. The van der Waals surface area contributed by atoms with Gasteiger partial charge in [-0.25, -0.2) is 0 Å². The van der Waals surface area contributed by atoms with Gasteiger partial charge >= 0.3 is 0 Å². The largest absolute Gasteiger partial charge is 0.497 e. The maximum atomic E-state index is 11.2. The van der Waals surface area contributed by atoms with Crippen molar-refractivity contribution < 1.29 is 9.53 Å². The maximum absolute atomic E-state index is 11.2. The molecule has 3 heteroatoms. The highest BCUT2D eigenvalue weighted by atomic mass is 32.1. The number of thiophene rings is 1. The number of fused-ring (bicyclic) bond motifs is 1. The van der Waals surface area contributed by atoms with Gasteiger partial charge in [-0.15, -0.1) is 11.3 Å². The first-order chi connectivity index (χ1) is 10.3. The lowest BCUT2D eigenvalue weighted by Crippen LogP contribution is -1.83. The zero-order chi connectivity index (χ0) is 14.7. The van der Waals surface area contributed by atoms with E-state index in [0.717, 1.165) is 33.2 Å². The van der Waals surface area contributed by atoms with E-state index in [1.165, 1.54) is 11.3 Å². The predicted molar refractivity (Wildman–Crippen MR) is 86.2 cm³/mol. The van der Waals surface area contributed by atoms with Crippen molar-refractivity contribution in [2.45, 2.75) is 0 Å². The minimum atomic E-state index is 0.678. The molecule has 0 aliphatic rings. The summed E-state index contributed by atoms with van der Waals surface area (Å²) < 4.78 is 6.20. The lowest BCUT2D eigenvalue weighted by molar-refractivity contribution is 0.112. The van der Waals surface area contributed by atoms with Gasteiger partial charge in [0.2, 0.25) is 0 Å². The zero-order valence-electron chi connectivity index (χ0n) is 11.4. The van der Waals surface area contributed by atoms with Crippen molar-refractivity contribution >= 4 is 27.7 Å². The molecule has 0 atom stereocenters. The minimum absolute atomic E-state index is 0.678. The van der Waals surface area contributed by atoms with E-state index in [-0.39, 0.29) is 0 Å². The number of benzene rings is 2. The number of carbonyl (C=O) groups excluding carboxylic acids is 1. The van der Waals surface area contributed by atoms with Crippen LogP contribution in [0.1, 0.15) is 20.8 Å². The summed E-state index contributed by atoms with van der Waals surface area (Å²) in [4.78, 5) is 11.9. The van der Waals surface area contributed by atoms with Gasteiger partial charge < -0.3 is 4.74 Å². The second-order valence-corrected chi connectivity index (χ2v) is 5.52. The molecule has 0 spiro atoms. The molecule has 0 aliphatic carbocycles. The summed E-state index contributed by atoms with van der Waals surface area (Å²) in [6.07, 6.45) is 0.878. The highest BCUT2D eigenvalue weighted by Gasteiger charge is 2.08. The fourth-order valence-corrected chi connectivity index (χ4v) is 3.06. The summed E-state index contributed by atoms with van der Waals surface area (Å²) in [5.74, 6) is 7.04. The van der Waals surface area contributed by atoms with Gasteiger partial charge in [0.15, 0.2) is 6.29 Å². The molecular formula is C18H12O2S. The summed E-state index contributed by atoms with van der Waals surface area (Å²) in [6, 6.07) is 15.5. The van der Waals surface area contributed by atoms with E-state index < -0.39 is 0 Å². The van der Waals surface area contributed by atoms with Crippen molar-refractivity contribution in [2.75, 3.05) is 7.11 Å². The first-order valence-corrected chi connectivity index (χ1v) is 7.26. The van der Waals surface area contributed by atoms with E-state index in [4.69, 9.17) is 4.74 Å². The van der Waals surface area contributed by atoms with Crippen molar-refractivity contribution in [3.05, 3.63) is 64.5 Å². The molecule has 102 valence electrons. The van der Waals surface area contributed by atoms with Gasteiger partial charge in [0.25, 0.3) is 0 Å². The van der Waals surface area contributed by atoms with E-state index in [1.54, 1.807) is 7.11 Å². The molecule has 3 aromatic rings. The number of hydrogen-bond donors (Lipinski definition) is 0. The average Bonchev–Trinajstić information content (AvgIpc) is 2.91. The van der Waals surface area contributed by atoms with E-state index in [2.05, 4.69) is 11.8 Å². The lowest BCUT2D eigenvalue weighted by Gasteiger charge is -1.97. The first kappa shape index (κ1) is 13.4. The summed E-state index contributed by atoms with van der Waals surface area (Å²) in [5, 5.41) is 1.03. The fraction of sp³-hybridized carbons (Fsp3) is 0.0556. The lowest BCUT2D eigenvalue weighted by atomic mass is 10.1. The van der Waals surface area contributed by atoms with Crippen molar-refractivity contribution in [1.29, 1.82) is 0 Å². The molecule has 1 aromatic heterocycles. The van der Waals surface area contributed by atoms with Gasteiger partial charge in [0, 0.05) is 15.6 Å². The monoisotopic (exact) mass is 292 g/mol. The van der Waals surface area contributed by atoms with Crippen LogP contribution in [-0.2, 0) is 0 Å². The quantitative estimate of drug-likeness (QED) is 0.524. The molecule has 0 radical (unpaired) electrons. The number of aldehydes is 1. The summed E-state index contributed by atoms with van der Waals surface area (Å²) in [5.41, 5.74) is 1.70. The summed E-state index contributed by atoms with van der Waals surface area (Å²) >= 11 is 1.47. The van der Waals surface area contributed by atoms with E-state index in [0.29, 0.717) is 4.88 Å². The molecular weight excluding hydrogens is 280 g/mol. The Labute approximate surface area is 127 Å². The molecule has 2 aromatic carbocycles. The highest BCUT2D eigenvalue weighted by molar-refractivity contribution is 7.20. The molecule has 0 unspecified atom stereocenters. The van der Waals surface area contributed by atoms with Gasteiger partial charge in [-0.05, 0) is 30.3 Å². The van der Waals surface area contributed by atoms with Crippen LogP contribution in [0.4, 0.5) is 0 Å². The Morgan fingerprint density at radius 1 is 1.05 bits per heavy atom. The van der Waals surface area contributed by atoms with Crippen molar-refractivity contribution in [1.82, 2.24) is 0 Å². The third kappa shape index (κ3) is 2.67. The van der Waals surface area contributed by atoms with E-state index in [1.807, 2.05) is 48.5 Å². The standard InChI is InChI=1S/C18H12O2S/c1-20-14-9-6-13(7-10-14)8-11-16-15-4-2-3-5-17(15)21-18(16)12-19/h2-7,9-10,12H,1H3. The molecule has 0 fully saturated rings. The second kappa shape index (κ2) is 5.82. The van der Waals surface area contributed by atoms with Crippen molar-refractivity contribution in [3.8, 4) is 17.6 Å². The molecule has 0 bridgehead atoms. The third-order valence-corrected chi connectivity index (χ3v) is 4.25. The number of methoxy groups -OCH3 is 1. The summed E-state index contributed by atoms with van der Waals surface area (Å²) in [7, 11) is 1.63. The van der Waals surface area contributed by atoms with Crippen molar-refractivity contribution in [2.24, 2.45) is 0 Å². The van der Waals surface area contributed by atoms with Crippen LogP contribution in [0.2, 0.25) is 0 Å². The molecule has 0 amide bonds. The third-order valence-electron chi connectivity index (χ3n) is 3.15. The van der Waals surface area contributed by atoms with Crippen molar-refractivity contribution in [3.63, 3.8) is 0 Å². The van der Waals surface area contributed by atoms with Crippen LogP contribution in [0.5, 0.6) is 5.75 Å². The Bertz CT molecular complexity index is 848. The van der Waals surface area contributed by atoms with Crippen LogP contribution in [0.15, 0.2) is 48.5 Å². The molecule has 21 heavy (non-hydrogen) atoms. The first-order valence-electron chi connectivity index (χ1n) is 6.44. The molecule has 2 nitrogen and oxygen atoms in total. The Morgan fingerprint density at radius 3 is 2.52 bits per heavy atom. The van der Waals surface area contributed by atoms with E-state index >= 15 is 0 Å². The number of hydrogen-bond acceptors (Lipinski definition) is 3. The Morgan fingerprint density at radius 2 is 1.81 bits per heavy atom. The number of ether oxygens (including phenoxy) is 1. The summed E-state index contributed by atoms with van der Waals surface area (Å²) in [6.45, 7) is 0. The van der Waals surface area contributed by atoms with Crippen LogP contribution in [0.25, 0.3) is 10.1 Å². The van der Waals surface area contributed by atoms with Crippen LogP contribution >= 0.6 is 11.3 Å². The predicted octanol–water partition coefficient (Wildman–Crippen LogP) is 4.12. The topological polar surface area (TPSA) is 26.3 Å². The Kier molecular flexibility index (Phi) is 3.72. The molecule has 3 rings (SSSR count). The second-order valence-electron chi connectivity index (χ2n) is 4.43. The van der Waals surface area contributed by atoms with E-state index in [9.17, 15) is 4.79 Å². The minimum Gasteiger partial charge on any atom is -0.497 e. The van der Waals surface area contributed by atoms with Crippen LogP contribution < -0.4 is 4.74 Å². The molecule has 0 saturated carbocycles. The number of carbonyl (C=O) groups is 1. The smallest absolute Gasteiger partial charge is 0.161 e. The SMILES string of the molecule is COc1ccc(C#Cc2c(C=O)sc3ccccc23)cc1. The molecule has 0 saturated heterocycles. The van der Waals surface area contributed by atoms with Crippen LogP contribution in [-0.4, -0.2) is 13.4 Å². The Hall–Kier alpha value is -2.57. The van der Waals surface area contributed by atoms with Gasteiger partial charge in [-0.1, -0.05) is 30.0 Å². The van der Waals surface area contributed by atoms with Gasteiger partial charge in [-0.3, -0.25) is 4.79 Å². The van der Waals surface area contributed by atoms with Gasteiger partial charge in [0.1, 0.15) is 5.75 Å².